The Balaban J connectivity index is 1.45. The molecule has 1 aliphatic rings. The lowest BCUT2D eigenvalue weighted by molar-refractivity contribution is -0.120. The predicted octanol–water partition coefficient (Wildman–Crippen LogP) is 3.95. The van der Waals surface area contributed by atoms with E-state index in [0.29, 0.717) is 36.6 Å². The van der Waals surface area contributed by atoms with E-state index in [1.165, 1.54) is 4.31 Å². The number of sulfonamides is 1. The van der Waals surface area contributed by atoms with Crippen molar-refractivity contribution < 1.29 is 17.7 Å². The number of hydrogen-bond acceptors (Lipinski definition) is 6. The summed E-state index contributed by atoms with van der Waals surface area (Å²) in [7, 11) is -3.82. The average molecular weight is 494 g/mol. The molecule has 9 nitrogen and oxygen atoms in total. The standard InChI is InChI=1S/C25H27N5O4S/c1-16-9-7-14-30-23(16)26-21(19-10-5-4-6-11-19)24(30)27-25(31)20-12-8-13-29(15-20)35(32,33)22-17(2)28-34-18(22)3/h4-7,9-11,14,20H,8,12-13,15H2,1-3H3,(H,27,31). The van der Waals surface area contributed by atoms with Crippen LogP contribution in [0, 0.1) is 26.7 Å². The highest BCUT2D eigenvalue weighted by atomic mass is 32.2. The van der Waals surface area contributed by atoms with Crippen LogP contribution in [0.3, 0.4) is 0 Å². The van der Waals surface area contributed by atoms with E-state index in [0.717, 1.165) is 16.8 Å². The Morgan fingerprint density at radius 2 is 1.89 bits per heavy atom. The molecular formula is C25H27N5O4S. The van der Waals surface area contributed by atoms with Crippen LogP contribution in [0.15, 0.2) is 58.1 Å². The summed E-state index contributed by atoms with van der Waals surface area (Å²) in [6.45, 7) is 5.60. The highest BCUT2D eigenvalue weighted by molar-refractivity contribution is 7.89. The number of carbonyl (C=O) groups excluding carboxylic acids is 1. The third kappa shape index (κ3) is 4.12. The lowest BCUT2D eigenvalue weighted by Crippen LogP contribution is -2.44. The number of piperidine rings is 1. The molecule has 1 saturated heterocycles. The largest absolute Gasteiger partial charge is 0.360 e. The van der Waals surface area contributed by atoms with Crippen LogP contribution in [0.25, 0.3) is 16.9 Å². The van der Waals surface area contributed by atoms with E-state index in [2.05, 4.69) is 10.5 Å². The number of anilines is 1. The Morgan fingerprint density at radius 3 is 2.60 bits per heavy atom. The Labute approximate surface area is 203 Å². The van der Waals surface area contributed by atoms with Crippen LogP contribution in [0.1, 0.15) is 29.9 Å². The van der Waals surface area contributed by atoms with E-state index in [-0.39, 0.29) is 23.1 Å². The zero-order valence-corrected chi connectivity index (χ0v) is 20.7. The molecule has 10 heteroatoms. The molecule has 1 fully saturated rings. The SMILES string of the molecule is Cc1noc(C)c1S(=O)(=O)N1CCCC(C(=O)Nc2c(-c3ccccc3)nc3c(C)cccn23)C1. The Bertz CT molecular complexity index is 1490. The van der Waals surface area contributed by atoms with Gasteiger partial charge in [0.05, 0.1) is 5.92 Å². The molecule has 0 bridgehead atoms. The number of fused-ring (bicyclic) bond motifs is 1. The molecule has 35 heavy (non-hydrogen) atoms. The quantitative estimate of drug-likeness (QED) is 0.451. The van der Waals surface area contributed by atoms with Gasteiger partial charge in [-0.15, -0.1) is 0 Å². The summed E-state index contributed by atoms with van der Waals surface area (Å²) in [4.78, 5) is 18.4. The fourth-order valence-electron chi connectivity index (χ4n) is 4.69. The number of rotatable bonds is 5. The first kappa shape index (κ1) is 23.3. The Hall–Kier alpha value is -3.50. The second kappa shape index (κ2) is 8.94. The molecule has 4 heterocycles. The Kier molecular flexibility index (Phi) is 5.94. The number of nitrogens with one attached hydrogen (secondary N) is 1. The Morgan fingerprint density at radius 1 is 1.11 bits per heavy atom. The van der Waals surface area contributed by atoms with Gasteiger partial charge < -0.3 is 9.84 Å². The van der Waals surface area contributed by atoms with Crippen molar-refractivity contribution in [1.82, 2.24) is 18.8 Å². The van der Waals surface area contributed by atoms with Crippen LogP contribution in [0.5, 0.6) is 0 Å². The van der Waals surface area contributed by atoms with Gasteiger partial charge in [-0.05, 0) is 45.2 Å². The maximum absolute atomic E-state index is 13.5. The van der Waals surface area contributed by atoms with Crippen molar-refractivity contribution in [2.45, 2.75) is 38.5 Å². The van der Waals surface area contributed by atoms with E-state index in [4.69, 9.17) is 9.51 Å². The fraction of sp³-hybridized carbons (Fsp3) is 0.320. The third-order valence-corrected chi connectivity index (χ3v) is 8.56. The number of pyridine rings is 1. The minimum absolute atomic E-state index is 0.0854. The molecule has 0 saturated carbocycles. The molecule has 1 unspecified atom stereocenters. The molecule has 1 atom stereocenters. The smallest absolute Gasteiger partial charge is 0.248 e. The summed E-state index contributed by atoms with van der Waals surface area (Å²) >= 11 is 0. The molecule has 1 N–H and O–H groups in total. The predicted molar refractivity (Wildman–Crippen MR) is 131 cm³/mol. The van der Waals surface area contributed by atoms with Crippen LogP contribution in [0.2, 0.25) is 0 Å². The van der Waals surface area contributed by atoms with Crippen molar-refractivity contribution in [1.29, 1.82) is 0 Å². The van der Waals surface area contributed by atoms with E-state index in [1.54, 1.807) is 13.8 Å². The normalized spacial score (nSPS) is 17.1. The van der Waals surface area contributed by atoms with Gasteiger partial charge >= 0.3 is 0 Å². The van der Waals surface area contributed by atoms with Crippen molar-refractivity contribution in [2.75, 3.05) is 18.4 Å². The molecule has 1 aromatic carbocycles. The zero-order valence-electron chi connectivity index (χ0n) is 19.9. The van der Waals surface area contributed by atoms with Crippen LogP contribution in [-0.2, 0) is 14.8 Å². The third-order valence-electron chi connectivity index (χ3n) is 6.45. The van der Waals surface area contributed by atoms with E-state index in [9.17, 15) is 13.2 Å². The van der Waals surface area contributed by atoms with Crippen LogP contribution >= 0.6 is 0 Å². The van der Waals surface area contributed by atoms with Gasteiger partial charge in [0, 0.05) is 24.8 Å². The molecule has 1 amide bonds. The van der Waals surface area contributed by atoms with Gasteiger partial charge in [-0.2, -0.15) is 4.31 Å². The molecule has 0 spiro atoms. The van der Waals surface area contributed by atoms with Crippen molar-refractivity contribution in [3.8, 4) is 11.3 Å². The number of carbonyl (C=O) groups is 1. The first-order valence-electron chi connectivity index (χ1n) is 11.5. The lowest BCUT2D eigenvalue weighted by atomic mass is 9.99. The molecule has 0 radical (unpaired) electrons. The summed E-state index contributed by atoms with van der Waals surface area (Å²) < 4.78 is 34.9. The molecule has 1 aliphatic heterocycles. The van der Waals surface area contributed by atoms with Crippen LogP contribution in [-0.4, -0.2) is 46.3 Å². The van der Waals surface area contributed by atoms with Crippen molar-refractivity contribution in [3.63, 3.8) is 0 Å². The zero-order chi connectivity index (χ0) is 24.7. The van der Waals surface area contributed by atoms with Crippen molar-refractivity contribution in [3.05, 3.63) is 65.7 Å². The van der Waals surface area contributed by atoms with Gasteiger partial charge in [0.15, 0.2) is 5.76 Å². The average Bonchev–Trinajstić information content (AvgIpc) is 3.40. The summed E-state index contributed by atoms with van der Waals surface area (Å²) in [5, 5.41) is 6.85. The molecule has 5 rings (SSSR count). The summed E-state index contributed by atoms with van der Waals surface area (Å²) in [5.74, 6) is 0.0930. The highest BCUT2D eigenvalue weighted by Gasteiger charge is 2.37. The summed E-state index contributed by atoms with van der Waals surface area (Å²) in [5.41, 5.74) is 3.62. The number of nitrogens with zero attached hydrogens (tertiary/aromatic N) is 4. The number of amides is 1. The van der Waals surface area contributed by atoms with Gasteiger partial charge in [-0.25, -0.2) is 13.4 Å². The summed E-state index contributed by atoms with van der Waals surface area (Å²) in [6.07, 6.45) is 3.04. The van der Waals surface area contributed by atoms with Gasteiger partial charge in [-0.3, -0.25) is 9.20 Å². The molecule has 4 aromatic rings. The van der Waals surface area contributed by atoms with E-state index >= 15 is 0 Å². The topological polar surface area (TPSA) is 110 Å². The minimum atomic E-state index is -3.82. The highest BCUT2D eigenvalue weighted by Crippen LogP contribution is 2.32. The van der Waals surface area contributed by atoms with Crippen LogP contribution < -0.4 is 5.32 Å². The first-order valence-corrected chi connectivity index (χ1v) is 13.0. The van der Waals surface area contributed by atoms with Gasteiger partial charge in [-0.1, -0.05) is 41.6 Å². The fourth-order valence-corrected chi connectivity index (χ4v) is 6.50. The van der Waals surface area contributed by atoms with Gasteiger partial charge in [0.1, 0.15) is 27.7 Å². The van der Waals surface area contributed by atoms with Gasteiger partial charge in [0.25, 0.3) is 0 Å². The monoisotopic (exact) mass is 493 g/mol. The molecular weight excluding hydrogens is 466 g/mol. The van der Waals surface area contributed by atoms with Crippen LogP contribution in [0.4, 0.5) is 5.82 Å². The van der Waals surface area contributed by atoms with Crippen molar-refractivity contribution in [2.24, 2.45) is 5.92 Å². The lowest BCUT2D eigenvalue weighted by Gasteiger charge is -2.31. The molecule has 0 aliphatic carbocycles. The number of aryl methyl sites for hydroxylation is 3. The molecule has 182 valence electrons. The summed E-state index contributed by atoms with van der Waals surface area (Å²) in [6, 6.07) is 13.6. The number of aromatic nitrogens is 3. The maximum atomic E-state index is 13.5. The van der Waals surface area contributed by atoms with E-state index < -0.39 is 15.9 Å². The number of imidazole rings is 1. The minimum Gasteiger partial charge on any atom is -0.360 e. The van der Waals surface area contributed by atoms with Crippen molar-refractivity contribution >= 4 is 27.4 Å². The van der Waals surface area contributed by atoms with E-state index in [1.807, 2.05) is 60.0 Å². The second-order valence-corrected chi connectivity index (χ2v) is 10.8. The number of benzene rings is 1. The van der Waals surface area contributed by atoms with Gasteiger partial charge in [0.2, 0.25) is 15.9 Å². The number of hydrogen-bond donors (Lipinski definition) is 1. The second-order valence-electron chi connectivity index (χ2n) is 8.90. The molecule has 3 aromatic heterocycles. The maximum Gasteiger partial charge on any atom is 0.248 e. The first-order chi connectivity index (χ1) is 16.8.